The summed E-state index contributed by atoms with van der Waals surface area (Å²) in [6.45, 7) is 5.26. The second-order valence-electron chi connectivity index (χ2n) is 6.27. The summed E-state index contributed by atoms with van der Waals surface area (Å²) < 4.78 is 5.68. The Kier molecular flexibility index (Phi) is 5.46. The van der Waals surface area contributed by atoms with Crippen molar-refractivity contribution in [2.24, 2.45) is 11.8 Å². The first-order valence-corrected chi connectivity index (χ1v) is 7.67. The molecule has 1 heterocycles. The number of aliphatic hydroxyl groups excluding tert-OH is 1. The van der Waals surface area contributed by atoms with Gasteiger partial charge in [-0.2, -0.15) is 0 Å². The molecule has 2 fully saturated rings. The van der Waals surface area contributed by atoms with Crippen molar-refractivity contribution in [2.45, 2.75) is 57.7 Å². The van der Waals surface area contributed by atoms with E-state index < -0.39 is 0 Å². The minimum absolute atomic E-state index is 0.0836. The number of hydrogen-bond acceptors (Lipinski definition) is 3. The quantitative estimate of drug-likeness (QED) is 0.818. The molecule has 18 heavy (non-hydrogen) atoms. The highest BCUT2D eigenvalue weighted by molar-refractivity contribution is 4.82. The highest BCUT2D eigenvalue weighted by atomic mass is 16.5. The lowest BCUT2D eigenvalue weighted by Gasteiger charge is -2.35. The largest absolute Gasteiger partial charge is 0.393 e. The minimum atomic E-state index is -0.0836. The lowest BCUT2D eigenvalue weighted by Crippen LogP contribution is -2.39. The van der Waals surface area contributed by atoms with E-state index in [0.29, 0.717) is 12.0 Å². The molecule has 0 aromatic carbocycles. The van der Waals surface area contributed by atoms with Crippen molar-refractivity contribution in [2.75, 3.05) is 26.7 Å². The van der Waals surface area contributed by atoms with Gasteiger partial charge in [0.25, 0.3) is 0 Å². The van der Waals surface area contributed by atoms with Gasteiger partial charge in [0, 0.05) is 19.7 Å². The van der Waals surface area contributed by atoms with Gasteiger partial charge < -0.3 is 14.7 Å². The predicted octanol–water partition coefficient (Wildman–Crippen LogP) is 2.28. The Hall–Kier alpha value is -0.120. The molecular weight excluding hydrogens is 226 g/mol. The second-order valence-corrected chi connectivity index (χ2v) is 6.27. The van der Waals surface area contributed by atoms with Gasteiger partial charge in [0.15, 0.2) is 0 Å². The van der Waals surface area contributed by atoms with Crippen LogP contribution in [0.3, 0.4) is 0 Å². The van der Waals surface area contributed by atoms with Crippen LogP contribution in [0.1, 0.15) is 45.4 Å². The highest BCUT2D eigenvalue weighted by Crippen LogP contribution is 2.31. The van der Waals surface area contributed by atoms with Crippen molar-refractivity contribution in [3.8, 4) is 0 Å². The topological polar surface area (TPSA) is 32.7 Å². The maximum atomic E-state index is 10.1. The molecule has 1 saturated heterocycles. The van der Waals surface area contributed by atoms with Gasteiger partial charge in [-0.25, -0.2) is 0 Å². The highest BCUT2D eigenvalue weighted by Gasteiger charge is 2.29. The zero-order valence-corrected chi connectivity index (χ0v) is 12.0. The lowest BCUT2D eigenvalue weighted by atomic mass is 9.78. The van der Waals surface area contributed by atoms with Crippen LogP contribution in [-0.4, -0.2) is 49.0 Å². The van der Waals surface area contributed by atoms with Gasteiger partial charge in [-0.15, -0.1) is 0 Å². The predicted molar refractivity (Wildman–Crippen MR) is 73.6 cm³/mol. The zero-order chi connectivity index (χ0) is 13.0. The molecule has 3 nitrogen and oxygen atoms in total. The third-order valence-electron chi connectivity index (χ3n) is 4.71. The standard InChI is InChI=1S/C15H29NO2/c1-3-12-6-7-15(17)13(9-12)10-16(2)11-14-5-4-8-18-14/h12-15,17H,3-11H2,1-2H3. The monoisotopic (exact) mass is 255 g/mol. The molecule has 1 saturated carbocycles. The van der Waals surface area contributed by atoms with Crippen LogP contribution in [0.25, 0.3) is 0 Å². The third-order valence-corrected chi connectivity index (χ3v) is 4.71. The Morgan fingerprint density at radius 1 is 1.22 bits per heavy atom. The summed E-state index contributed by atoms with van der Waals surface area (Å²) in [5, 5.41) is 10.1. The van der Waals surface area contributed by atoms with Crippen LogP contribution in [-0.2, 0) is 4.74 Å². The van der Waals surface area contributed by atoms with Gasteiger partial charge in [0.1, 0.15) is 0 Å². The van der Waals surface area contributed by atoms with Crippen LogP contribution < -0.4 is 0 Å². The summed E-state index contributed by atoms with van der Waals surface area (Å²) in [4.78, 5) is 2.36. The summed E-state index contributed by atoms with van der Waals surface area (Å²) in [5.74, 6) is 1.30. The van der Waals surface area contributed by atoms with Crippen LogP contribution in [0, 0.1) is 11.8 Å². The maximum absolute atomic E-state index is 10.1. The molecule has 0 radical (unpaired) electrons. The molecule has 1 aliphatic heterocycles. The molecule has 1 N–H and O–H groups in total. The van der Waals surface area contributed by atoms with Crippen LogP contribution in [0.5, 0.6) is 0 Å². The van der Waals surface area contributed by atoms with E-state index >= 15 is 0 Å². The van der Waals surface area contributed by atoms with E-state index in [4.69, 9.17) is 4.74 Å². The van der Waals surface area contributed by atoms with Crippen LogP contribution in [0.4, 0.5) is 0 Å². The molecule has 3 heteroatoms. The van der Waals surface area contributed by atoms with Crippen molar-refractivity contribution in [1.29, 1.82) is 0 Å². The molecule has 0 aromatic rings. The van der Waals surface area contributed by atoms with Gasteiger partial charge in [-0.3, -0.25) is 0 Å². The summed E-state index contributed by atoms with van der Waals surface area (Å²) in [6.07, 6.45) is 7.43. The van der Waals surface area contributed by atoms with Crippen molar-refractivity contribution in [3.05, 3.63) is 0 Å². The molecule has 0 bridgehead atoms. The van der Waals surface area contributed by atoms with E-state index in [0.717, 1.165) is 32.0 Å². The van der Waals surface area contributed by atoms with Gasteiger partial charge in [0.05, 0.1) is 12.2 Å². The van der Waals surface area contributed by atoms with Gasteiger partial charge >= 0.3 is 0 Å². The van der Waals surface area contributed by atoms with Crippen molar-refractivity contribution in [1.82, 2.24) is 4.90 Å². The number of ether oxygens (including phenoxy) is 1. The molecule has 0 aromatic heterocycles. The number of rotatable bonds is 5. The van der Waals surface area contributed by atoms with Crippen molar-refractivity contribution in [3.63, 3.8) is 0 Å². The van der Waals surface area contributed by atoms with E-state index in [1.54, 1.807) is 0 Å². The van der Waals surface area contributed by atoms with Crippen molar-refractivity contribution < 1.29 is 9.84 Å². The Morgan fingerprint density at radius 2 is 2.06 bits per heavy atom. The normalized spacial score (nSPS) is 37.3. The number of hydrogen-bond donors (Lipinski definition) is 1. The molecule has 106 valence electrons. The Morgan fingerprint density at radius 3 is 2.72 bits per heavy atom. The average molecular weight is 255 g/mol. The number of aliphatic hydroxyl groups is 1. The minimum Gasteiger partial charge on any atom is -0.393 e. The van der Waals surface area contributed by atoms with Gasteiger partial charge in [-0.05, 0) is 51.0 Å². The van der Waals surface area contributed by atoms with E-state index in [9.17, 15) is 5.11 Å². The number of nitrogens with zero attached hydrogens (tertiary/aromatic N) is 1. The molecule has 4 atom stereocenters. The molecule has 0 amide bonds. The van der Waals surface area contributed by atoms with E-state index in [1.807, 2.05) is 0 Å². The van der Waals surface area contributed by atoms with Crippen molar-refractivity contribution >= 4 is 0 Å². The Balaban J connectivity index is 1.75. The smallest absolute Gasteiger partial charge is 0.0702 e. The lowest BCUT2D eigenvalue weighted by molar-refractivity contribution is 0.0187. The fourth-order valence-electron chi connectivity index (χ4n) is 3.52. The van der Waals surface area contributed by atoms with E-state index in [2.05, 4.69) is 18.9 Å². The van der Waals surface area contributed by atoms with E-state index in [-0.39, 0.29) is 6.10 Å². The summed E-state index contributed by atoms with van der Waals surface area (Å²) in [5.41, 5.74) is 0. The summed E-state index contributed by atoms with van der Waals surface area (Å²) in [6, 6.07) is 0. The first-order chi connectivity index (χ1) is 8.69. The van der Waals surface area contributed by atoms with Crippen LogP contribution in [0.2, 0.25) is 0 Å². The molecular formula is C15H29NO2. The summed E-state index contributed by atoms with van der Waals surface area (Å²) >= 11 is 0. The van der Waals surface area contributed by atoms with Gasteiger partial charge in [0.2, 0.25) is 0 Å². The molecule has 1 aliphatic carbocycles. The SMILES string of the molecule is CCC1CCC(O)C(CN(C)CC2CCCO2)C1. The van der Waals surface area contributed by atoms with Crippen LogP contribution in [0.15, 0.2) is 0 Å². The molecule has 0 spiro atoms. The second kappa shape index (κ2) is 6.88. The first kappa shape index (κ1) is 14.3. The molecule has 2 aliphatic rings. The molecule has 4 unspecified atom stereocenters. The number of likely N-dealkylation sites (N-methyl/N-ethyl adjacent to an activating group) is 1. The molecule has 2 rings (SSSR count). The first-order valence-electron chi connectivity index (χ1n) is 7.67. The van der Waals surface area contributed by atoms with Gasteiger partial charge in [-0.1, -0.05) is 13.3 Å². The fourth-order valence-corrected chi connectivity index (χ4v) is 3.52. The van der Waals surface area contributed by atoms with Crippen LogP contribution >= 0.6 is 0 Å². The Labute approximate surface area is 112 Å². The summed E-state index contributed by atoms with van der Waals surface area (Å²) in [7, 11) is 2.17. The zero-order valence-electron chi connectivity index (χ0n) is 12.0. The Bertz CT molecular complexity index is 241. The fraction of sp³-hybridized carbons (Fsp3) is 1.00. The third kappa shape index (κ3) is 3.94. The van der Waals surface area contributed by atoms with E-state index in [1.165, 1.54) is 32.1 Å². The average Bonchev–Trinajstić information content (AvgIpc) is 2.84. The maximum Gasteiger partial charge on any atom is 0.0702 e.